The molecular formula is C27H32FN5O3. The second-order valence-electron chi connectivity index (χ2n) is 9.72. The van der Waals surface area contributed by atoms with Gasteiger partial charge in [-0.2, -0.15) is 0 Å². The molecule has 8 nitrogen and oxygen atoms in total. The first-order chi connectivity index (χ1) is 17.3. The zero-order valence-electron chi connectivity index (χ0n) is 21.2. The molecule has 1 saturated carbocycles. The molecule has 1 spiro atoms. The van der Waals surface area contributed by atoms with E-state index in [0.29, 0.717) is 17.0 Å². The van der Waals surface area contributed by atoms with E-state index in [9.17, 15) is 9.18 Å². The van der Waals surface area contributed by atoms with Crippen LogP contribution < -0.4 is 25.0 Å². The van der Waals surface area contributed by atoms with Gasteiger partial charge in [-0.1, -0.05) is 6.07 Å². The highest BCUT2D eigenvalue weighted by molar-refractivity contribution is 6.08. The topological polar surface area (TPSA) is 88.6 Å². The summed E-state index contributed by atoms with van der Waals surface area (Å²) in [7, 11) is 3.00. The molecule has 2 N–H and O–H groups in total. The molecule has 0 radical (unpaired) electrons. The number of methoxy groups -OCH3 is 2. The third-order valence-electron chi connectivity index (χ3n) is 7.29. The normalized spacial score (nSPS) is 17.5. The lowest BCUT2D eigenvalue weighted by Gasteiger charge is -2.27. The first kappa shape index (κ1) is 24.2. The van der Waals surface area contributed by atoms with Crippen molar-refractivity contribution in [3.8, 4) is 11.6 Å². The van der Waals surface area contributed by atoms with E-state index >= 15 is 0 Å². The minimum absolute atomic E-state index is 0.141. The fraction of sp³-hybridized carbons (Fsp3) is 0.444. The Kier molecular flexibility index (Phi) is 6.42. The van der Waals surface area contributed by atoms with Crippen molar-refractivity contribution in [1.29, 1.82) is 0 Å². The lowest BCUT2D eigenvalue weighted by Crippen LogP contribution is -2.33. The van der Waals surface area contributed by atoms with Crippen LogP contribution in [0.15, 0.2) is 30.5 Å². The van der Waals surface area contributed by atoms with Gasteiger partial charge in [0.1, 0.15) is 5.52 Å². The summed E-state index contributed by atoms with van der Waals surface area (Å²) in [5, 5.41) is 7.61. The van der Waals surface area contributed by atoms with E-state index < -0.39 is 5.82 Å². The average molecular weight is 494 g/mol. The Hall–Kier alpha value is -3.46. The molecule has 1 aliphatic carbocycles. The van der Waals surface area contributed by atoms with Crippen LogP contribution in [0.25, 0.3) is 10.9 Å². The first-order valence-corrected chi connectivity index (χ1v) is 12.3. The molecule has 2 aliphatic rings. The molecule has 9 heteroatoms. The number of rotatable bonds is 6. The van der Waals surface area contributed by atoms with Gasteiger partial charge in [0, 0.05) is 42.5 Å². The number of fused-ring (bicyclic) bond motifs is 1. The summed E-state index contributed by atoms with van der Waals surface area (Å²) in [6.45, 7) is 6.22. The van der Waals surface area contributed by atoms with E-state index in [0.717, 1.165) is 48.4 Å². The van der Waals surface area contributed by atoms with Crippen molar-refractivity contribution < 1.29 is 18.7 Å². The molecule has 190 valence electrons. The second-order valence-corrected chi connectivity index (χ2v) is 9.72. The average Bonchev–Trinajstić information content (AvgIpc) is 3.68. The smallest absolute Gasteiger partial charge is 0.255 e. The van der Waals surface area contributed by atoms with Crippen LogP contribution in [-0.4, -0.2) is 55.3 Å². The van der Waals surface area contributed by atoms with Gasteiger partial charge < -0.3 is 25.0 Å². The van der Waals surface area contributed by atoms with Gasteiger partial charge in [0.05, 0.1) is 31.5 Å². The van der Waals surface area contributed by atoms with Crippen LogP contribution in [0.4, 0.5) is 10.1 Å². The molecule has 5 rings (SSSR count). The number of carbonyl (C=O) groups is 1. The van der Waals surface area contributed by atoms with Crippen molar-refractivity contribution in [2.75, 3.05) is 38.8 Å². The zero-order chi connectivity index (χ0) is 25.4. The van der Waals surface area contributed by atoms with Gasteiger partial charge in [-0.15, -0.1) is 0 Å². The fourth-order valence-corrected chi connectivity index (χ4v) is 5.04. The van der Waals surface area contributed by atoms with Crippen molar-refractivity contribution in [3.63, 3.8) is 0 Å². The Morgan fingerprint density at radius 3 is 2.72 bits per heavy atom. The van der Waals surface area contributed by atoms with E-state index in [-0.39, 0.29) is 23.2 Å². The van der Waals surface area contributed by atoms with Gasteiger partial charge in [-0.25, -0.2) is 14.4 Å². The molecule has 36 heavy (non-hydrogen) atoms. The predicted octanol–water partition coefficient (Wildman–Crippen LogP) is 3.92. The summed E-state index contributed by atoms with van der Waals surface area (Å²) in [5.41, 5.74) is 3.73. The lowest BCUT2D eigenvalue weighted by molar-refractivity contribution is 0.0940. The number of pyridine rings is 2. The number of carbonyl (C=O) groups excluding carboxylic acids is 1. The molecule has 1 atom stereocenters. The number of aromatic nitrogens is 2. The van der Waals surface area contributed by atoms with Gasteiger partial charge >= 0.3 is 0 Å². The van der Waals surface area contributed by atoms with Gasteiger partial charge in [0.25, 0.3) is 5.91 Å². The largest absolute Gasteiger partial charge is 0.494 e. The maximum atomic E-state index is 13.9. The highest BCUT2D eigenvalue weighted by Crippen LogP contribution is 2.41. The van der Waals surface area contributed by atoms with Crippen LogP contribution in [-0.2, 0) is 0 Å². The second kappa shape index (κ2) is 9.54. The van der Waals surface area contributed by atoms with Crippen LogP contribution in [0.1, 0.15) is 53.8 Å². The third kappa shape index (κ3) is 4.55. The molecule has 1 amide bonds. The Bertz CT molecular complexity index is 1310. The number of ether oxygens (including phenoxy) is 2. The van der Waals surface area contributed by atoms with E-state index in [2.05, 4.69) is 25.5 Å². The summed E-state index contributed by atoms with van der Waals surface area (Å²) in [6, 6.07) is 6.20. The van der Waals surface area contributed by atoms with E-state index in [1.807, 2.05) is 19.9 Å². The minimum atomic E-state index is -0.443. The lowest BCUT2D eigenvalue weighted by atomic mass is 10.0. The number of anilines is 1. The fourth-order valence-electron chi connectivity index (χ4n) is 5.04. The first-order valence-electron chi connectivity index (χ1n) is 12.3. The molecule has 0 unspecified atom stereocenters. The van der Waals surface area contributed by atoms with E-state index in [4.69, 9.17) is 9.47 Å². The summed E-state index contributed by atoms with van der Waals surface area (Å²) >= 11 is 0. The minimum Gasteiger partial charge on any atom is -0.494 e. The van der Waals surface area contributed by atoms with Crippen molar-refractivity contribution in [2.24, 2.45) is 0 Å². The Labute approximate surface area is 210 Å². The highest BCUT2D eigenvalue weighted by atomic mass is 19.1. The van der Waals surface area contributed by atoms with Gasteiger partial charge in [0.2, 0.25) is 5.88 Å². The molecular weight excluding hydrogens is 461 g/mol. The summed E-state index contributed by atoms with van der Waals surface area (Å²) in [6.07, 6.45) is 5.02. The van der Waals surface area contributed by atoms with E-state index in [1.54, 1.807) is 25.4 Å². The molecule has 2 aromatic heterocycles. The van der Waals surface area contributed by atoms with Gasteiger partial charge in [0.15, 0.2) is 11.6 Å². The molecule has 1 aromatic carbocycles. The Morgan fingerprint density at radius 2 is 2.00 bits per heavy atom. The number of amides is 1. The number of aryl methyl sites for hydroxylation is 1. The number of hydrogen-bond donors (Lipinski definition) is 2. The zero-order valence-corrected chi connectivity index (χ0v) is 21.2. The summed E-state index contributed by atoms with van der Waals surface area (Å²) in [5.74, 6) is -0.108. The van der Waals surface area contributed by atoms with Crippen molar-refractivity contribution in [2.45, 2.75) is 44.7 Å². The van der Waals surface area contributed by atoms with Crippen LogP contribution in [0.3, 0.4) is 0 Å². The number of nitrogens with zero attached hydrogens (tertiary/aromatic N) is 3. The van der Waals surface area contributed by atoms with Crippen LogP contribution >= 0.6 is 0 Å². The molecule has 2 fully saturated rings. The van der Waals surface area contributed by atoms with Crippen LogP contribution in [0.2, 0.25) is 0 Å². The number of halogens is 1. The Balaban J connectivity index is 1.54. The molecule has 3 aromatic rings. The van der Waals surface area contributed by atoms with Crippen LogP contribution in [0.5, 0.6) is 11.6 Å². The standard InChI is InChI=1S/C27H32FN5O3/c1-16-13-19-23(26(31-16)36-4)29-15-20(24(19)33-11-9-27(7-8-27)30-10-12-33)25(34)32-17(2)18-5-6-21(28)22(14-18)35-3/h5-6,13-15,17,30H,7-12H2,1-4H3,(H,32,34)/t17-/m0/s1. The number of benzene rings is 1. The van der Waals surface area contributed by atoms with Crippen molar-refractivity contribution in [3.05, 3.63) is 53.1 Å². The molecule has 1 saturated heterocycles. The van der Waals surface area contributed by atoms with Crippen molar-refractivity contribution >= 4 is 22.5 Å². The third-order valence-corrected chi connectivity index (χ3v) is 7.29. The maximum Gasteiger partial charge on any atom is 0.255 e. The monoisotopic (exact) mass is 493 g/mol. The number of nitrogens with one attached hydrogen (secondary N) is 2. The molecule has 3 heterocycles. The SMILES string of the molecule is COc1cc([C@H](C)NC(=O)c2cnc3c(OC)nc(C)cc3c2N2CCNC3(CC2)CC3)ccc1F. The number of hydrogen-bond acceptors (Lipinski definition) is 7. The predicted molar refractivity (Wildman–Crippen MR) is 136 cm³/mol. The van der Waals surface area contributed by atoms with E-state index in [1.165, 1.54) is 26.0 Å². The summed E-state index contributed by atoms with van der Waals surface area (Å²) in [4.78, 5) is 25.0. The quantitative estimate of drug-likeness (QED) is 0.538. The van der Waals surface area contributed by atoms with Crippen LogP contribution in [0, 0.1) is 12.7 Å². The summed E-state index contributed by atoms with van der Waals surface area (Å²) < 4.78 is 24.5. The highest BCUT2D eigenvalue weighted by Gasteiger charge is 2.43. The maximum absolute atomic E-state index is 13.9. The van der Waals surface area contributed by atoms with Gasteiger partial charge in [-0.05, 0) is 56.9 Å². The Morgan fingerprint density at radius 1 is 1.19 bits per heavy atom. The molecule has 1 aliphatic heterocycles. The van der Waals surface area contributed by atoms with Crippen molar-refractivity contribution in [1.82, 2.24) is 20.6 Å². The molecule has 0 bridgehead atoms. The van der Waals surface area contributed by atoms with Gasteiger partial charge in [-0.3, -0.25) is 4.79 Å².